The van der Waals surface area contributed by atoms with Crippen LogP contribution in [0.25, 0.3) is 0 Å². The molecule has 2 aromatic rings. The van der Waals surface area contributed by atoms with Gasteiger partial charge in [-0.1, -0.05) is 6.07 Å². The SMILES string of the molecule is CNC(c1cc(C)nnc1C)c1c(F)cccc1F. The number of nitrogens with zero attached hydrogens (tertiary/aromatic N) is 2. The molecule has 0 aliphatic rings. The van der Waals surface area contributed by atoms with Crippen molar-refractivity contribution < 1.29 is 8.78 Å². The van der Waals surface area contributed by atoms with Gasteiger partial charge in [-0.25, -0.2) is 8.78 Å². The Hall–Kier alpha value is -1.88. The molecule has 1 atom stereocenters. The molecule has 1 unspecified atom stereocenters. The molecule has 2 rings (SSSR count). The number of aryl methyl sites for hydroxylation is 2. The molecule has 0 bridgehead atoms. The Balaban J connectivity index is 2.59. The lowest BCUT2D eigenvalue weighted by Crippen LogP contribution is -2.22. The van der Waals surface area contributed by atoms with E-state index in [4.69, 9.17) is 0 Å². The second-order valence-electron chi connectivity index (χ2n) is 4.38. The van der Waals surface area contributed by atoms with Crippen molar-refractivity contribution >= 4 is 0 Å². The van der Waals surface area contributed by atoms with Gasteiger partial charge in [0.05, 0.1) is 17.4 Å². The fourth-order valence-corrected chi connectivity index (χ4v) is 2.10. The first-order valence-corrected chi connectivity index (χ1v) is 5.96. The van der Waals surface area contributed by atoms with E-state index >= 15 is 0 Å². The summed E-state index contributed by atoms with van der Waals surface area (Å²) in [6, 6.07) is 5.05. The molecular formula is C14H15F2N3. The zero-order chi connectivity index (χ0) is 14.0. The predicted molar refractivity (Wildman–Crippen MR) is 68.8 cm³/mol. The van der Waals surface area contributed by atoms with Crippen LogP contribution >= 0.6 is 0 Å². The van der Waals surface area contributed by atoms with Gasteiger partial charge in [0.2, 0.25) is 0 Å². The topological polar surface area (TPSA) is 37.8 Å². The van der Waals surface area contributed by atoms with Crippen LogP contribution in [0.2, 0.25) is 0 Å². The van der Waals surface area contributed by atoms with Crippen LogP contribution in [-0.4, -0.2) is 17.2 Å². The van der Waals surface area contributed by atoms with E-state index in [0.29, 0.717) is 11.4 Å². The first-order valence-electron chi connectivity index (χ1n) is 5.96. The van der Waals surface area contributed by atoms with Crippen LogP contribution in [0, 0.1) is 25.5 Å². The molecule has 100 valence electrons. The molecule has 0 aliphatic heterocycles. The molecule has 19 heavy (non-hydrogen) atoms. The minimum absolute atomic E-state index is 0.000463. The van der Waals surface area contributed by atoms with Crippen LogP contribution < -0.4 is 5.32 Å². The summed E-state index contributed by atoms with van der Waals surface area (Å²) in [7, 11) is 1.66. The molecule has 0 fully saturated rings. The van der Waals surface area contributed by atoms with Crippen LogP contribution in [0.1, 0.15) is 28.6 Å². The highest BCUT2D eigenvalue weighted by atomic mass is 19.1. The van der Waals surface area contributed by atoms with Crippen LogP contribution in [0.15, 0.2) is 24.3 Å². The van der Waals surface area contributed by atoms with Crippen molar-refractivity contribution in [2.45, 2.75) is 19.9 Å². The quantitative estimate of drug-likeness (QED) is 0.925. The molecule has 1 N–H and O–H groups in total. The van der Waals surface area contributed by atoms with Gasteiger partial charge in [0.15, 0.2) is 0 Å². The zero-order valence-electron chi connectivity index (χ0n) is 11.0. The van der Waals surface area contributed by atoms with Gasteiger partial charge >= 0.3 is 0 Å². The van der Waals surface area contributed by atoms with Gasteiger partial charge < -0.3 is 5.32 Å². The van der Waals surface area contributed by atoms with E-state index in [1.54, 1.807) is 27.0 Å². The lowest BCUT2D eigenvalue weighted by atomic mass is 9.96. The standard InChI is InChI=1S/C14H15F2N3/c1-8-7-10(9(2)19-18-8)14(17-3)13-11(15)5-4-6-12(13)16/h4-7,14,17H,1-3H3. The molecule has 5 heteroatoms. The van der Waals surface area contributed by atoms with Gasteiger partial charge in [-0.15, -0.1) is 0 Å². The Morgan fingerprint density at radius 2 is 1.74 bits per heavy atom. The van der Waals surface area contributed by atoms with E-state index < -0.39 is 17.7 Å². The molecule has 0 spiro atoms. The molecule has 0 aliphatic carbocycles. The van der Waals surface area contributed by atoms with Gasteiger partial charge in [-0.3, -0.25) is 0 Å². The monoisotopic (exact) mass is 263 g/mol. The fraction of sp³-hybridized carbons (Fsp3) is 0.286. The third-order valence-corrected chi connectivity index (χ3v) is 3.03. The van der Waals surface area contributed by atoms with Crippen LogP contribution in [-0.2, 0) is 0 Å². The lowest BCUT2D eigenvalue weighted by molar-refractivity contribution is 0.520. The minimum atomic E-state index is -0.588. The number of hydrogen-bond donors (Lipinski definition) is 1. The molecular weight excluding hydrogens is 248 g/mol. The maximum Gasteiger partial charge on any atom is 0.131 e. The smallest absolute Gasteiger partial charge is 0.131 e. The Kier molecular flexibility index (Phi) is 3.85. The largest absolute Gasteiger partial charge is 0.309 e. The fourth-order valence-electron chi connectivity index (χ4n) is 2.10. The average molecular weight is 263 g/mol. The summed E-state index contributed by atoms with van der Waals surface area (Å²) in [4.78, 5) is 0. The third-order valence-electron chi connectivity index (χ3n) is 3.03. The number of rotatable bonds is 3. The third kappa shape index (κ3) is 2.61. The molecule has 3 nitrogen and oxygen atoms in total. The van der Waals surface area contributed by atoms with Crippen molar-refractivity contribution in [2.75, 3.05) is 7.05 Å². The summed E-state index contributed by atoms with van der Waals surface area (Å²) in [5.74, 6) is -1.15. The molecule has 0 saturated heterocycles. The van der Waals surface area contributed by atoms with E-state index in [1.165, 1.54) is 18.2 Å². The number of benzene rings is 1. The van der Waals surface area contributed by atoms with Crippen molar-refractivity contribution in [1.82, 2.24) is 15.5 Å². The Morgan fingerprint density at radius 3 is 2.32 bits per heavy atom. The summed E-state index contributed by atoms with van der Waals surface area (Å²) in [5, 5.41) is 10.9. The first kappa shape index (κ1) is 13.5. The van der Waals surface area contributed by atoms with Crippen molar-refractivity contribution in [3.8, 4) is 0 Å². The molecule has 0 radical (unpaired) electrons. The van der Waals surface area contributed by atoms with Gasteiger partial charge in [-0.05, 0) is 44.7 Å². The minimum Gasteiger partial charge on any atom is -0.309 e. The molecule has 1 heterocycles. The summed E-state index contributed by atoms with van der Waals surface area (Å²) in [6.07, 6.45) is 0. The highest BCUT2D eigenvalue weighted by Crippen LogP contribution is 2.28. The number of hydrogen-bond acceptors (Lipinski definition) is 3. The van der Waals surface area contributed by atoms with Gasteiger partial charge in [0.1, 0.15) is 11.6 Å². The molecule has 1 aromatic carbocycles. The predicted octanol–water partition coefficient (Wildman–Crippen LogP) is 2.68. The Labute approximate surface area is 110 Å². The van der Waals surface area contributed by atoms with Crippen molar-refractivity contribution in [1.29, 1.82) is 0 Å². The molecule has 0 saturated carbocycles. The molecule has 0 amide bonds. The maximum atomic E-state index is 13.9. The van der Waals surface area contributed by atoms with E-state index in [0.717, 1.165) is 5.56 Å². The second-order valence-corrected chi connectivity index (χ2v) is 4.38. The average Bonchev–Trinajstić information content (AvgIpc) is 2.37. The summed E-state index contributed by atoms with van der Waals surface area (Å²) >= 11 is 0. The van der Waals surface area contributed by atoms with Crippen LogP contribution in [0.5, 0.6) is 0 Å². The summed E-state index contributed by atoms with van der Waals surface area (Å²) in [5.41, 5.74) is 2.07. The lowest BCUT2D eigenvalue weighted by Gasteiger charge is -2.20. The number of nitrogens with one attached hydrogen (secondary N) is 1. The second kappa shape index (κ2) is 5.40. The van der Waals surface area contributed by atoms with Crippen LogP contribution in [0.4, 0.5) is 8.78 Å². The maximum absolute atomic E-state index is 13.9. The first-order chi connectivity index (χ1) is 9.04. The highest BCUT2D eigenvalue weighted by Gasteiger charge is 2.22. The van der Waals surface area contributed by atoms with E-state index in [1.807, 2.05) is 0 Å². The van der Waals surface area contributed by atoms with Gasteiger partial charge in [0.25, 0.3) is 0 Å². The van der Waals surface area contributed by atoms with Crippen molar-refractivity contribution in [2.24, 2.45) is 0 Å². The summed E-state index contributed by atoms with van der Waals surface area (Å²) < 4.78 is 27.8. The number of aromatic nitrogens is 2. The molecule has 1 aromatic heterocycles. The van der Waals surface area contributed by atoms with E-state index in [-0.39, 0.29) is 5.56 Å². The number of halogens is 2. The Morgan fingerprint density at radius 1 is 1.11 bits per heavy atom. The zero-order valence-corrected chi connectivity index (χ0v) is 11.0. The highest BCUT2D eigenvalue weighted by molar-refractivity contribution is 5.35. The van der Waals surface area contributed by atoms with E-state index in [9.17, 15) is 8.78 Å². The Bertz CT molecular complexity index is 579. The van der Waals surface area contributed by atoms with Gasteiger partial charge in [0, 0.05) is 5.56 Å². The van der Waals surface area contributed by atoms with Crippen LogP contribution in [0.3, 0.4) is 0 Å². The van der Waals surface area contributed by atoms with Gasteiger partial charge in [-0.2, -0.15) is 10.2 Å². The summed E-state index contributed by atoms with van der Waals surface area (Å²) in [6.45, 7) is 3.56. The van der Waals surface area contributed by atoms with Crippen molar-refractivity contribution in [3.05, 3.63) is 58.4 Å². The normalized spacial score (nSPS) is 12.5. The van der Waals surface area contributed by atoms with E-state index in [2.05, 4.69) is 15.5 Å². The van der Waals surface area contributed by atoms with Crippen molar-refractivity contribution in [3.63, 3.8) is 0 Å².